The van der Waals surface area contributed by atoms with E-state index >= 15 is 0 Å². The van der Waals surface area contributed by atoms with Gasteiger partial charge in [0.25, 0.3) is 0 Å². The molecule has 0 saturated heterocycles. The number of hydrogen-bond acceptors (Lipinski definition) is 8. The predicted molar refractivity (Wildman–Crippen MR) is 319 cm³/mol. The van der Waals surface area contributed by atoms with Crippen molar-refractivity contribution in [3.05, 3.63) is 233 Å². The Kier molecular flexibility index (Phi) is 21.9. The summed E-state index contributed by atoms with van der Waals surface area (Å²) in [6.07, 6.45) is 17.4. The number of hydrogen-bond donors (Lipinski definition) is 0. The maximum Gasteiger partial charge on any atom is 4.00 e. The van der Waals surface area contributed by atoms with Crippen molar-refractivity contribution in [1.29, 1.82) is 0 Å². The molecule has 10 aromatic rings. The number of unbranched alkanes of at least 4 members (excludes halogenated alkanes) is 2. The summed E-state index contributed by atoms with van der Waals surface area (Å²) in [6.45, 7) is 12.0. The second kappa shape index (κ2) is 27.6. The van der Waals surface area contributed by atoms with Crippen molar-refractivity contribution in [2.24, 2.45) is 0 Å². The Morgan fingerprint density at radius 3 is 1.01 bits per heavy atom. The Bertz CT molecular complexity index is 3530. The molecule has 2 aliphatic heterocycles. The molecule has 0 N–H and O–H groups in total. The molecule has 12 rings (SSSR count). The third kappa shape index (κ3) is 24.3. The third-order valence-corrected chi connectivity index (χ3v) is 12.6. The van der Waals surface area contributed by atoms with Gasteiger partial charge in [-0.1, -0.05) is 159 Å². The van der Waals surface area contributed by atoms with E-state index in [1.807, 2.05) is 97.3 Å². The molecule has 24 heteroatoms. The zero-order valence-corrected chi connectivity index (χ0v) is 52.7. The van der Waals surface area contributed by atoms with E-state index in [0.717, 1.165) is 75.8 Å². The molecule has 87 heavy (non-hydrogen) atoms. The van der Waals surface area contributed by atoms with Gasteiger partial charge in [0, 0.05) is 29.8 Å². The van der Waals surface area contributed by atoms with Crippen molar-refractivity contribution in [1.82, 2.24) is 39.5 Å². The van der Waals surface area contributed by atoms with Gasteiger partial charge in [0.05, 0.1) is 22.8 Å². The van der Waals surface area contributed by atoms with Crippen LogP contribution in [0.2, 0.25) is 0 Å². The molecular formula is C63H56F12N8P2Pt2+2. The quantitative estimate of drug-likeness (QED) is 0.0681. The Morgan fingerprint density at radius 2 is 0.667 bits per heavy atom. The average Bonchev–Trinajstić information content (AvgIpc) is 1.88. The number of rotatable bonds is 12. The molecule has 0 amide bonds. The summed E-state index contributed by atoms with van der Waals surface area (Å²) in [5.74, 6) is 0. The Morgan fingerprint density at radius 1 is 0.368 bits per heavy atom. The first-order chi connectivity index (χ1) is 39.9. The Hall–Kier alpha value is -6.96. The van der Waals surface area contributed by atoms with Crippen LogP contribution in [0.1, 0.15) is 39.5 Å². The van der Waals surface area contributed by atoms with Crippen LogP contribution >= 0.6 is 15.6 Å². The topological polar surface area (TPSA) is 64.5 Å². The monoisotopic (exact) mass is 1600 g/mol. The number of halogens is 12. The van der Waals surface area contributed by atoms with Crippen LogP contribution in [0.4, 0.5) is 50.4 Å². The van der Waals surface area contributed by atoms with Crippen LogP contribution in [0.5, 0.6) is 0 Å². The minimum Gasteiger partial charge on any atom is -0.295 e. The molecule has 0 fully saturated rings. The van der Waals surface area contributed by atoms with E-state index in [1.165, 1.54) is 58.0 Å². The molecule has 0 spiro atoms. The van der Waals surface area contributed by atoms with Crippen molar-refractivity contribution in [3.8, 4) is 45.3 Å². The van der Waals surface area contributed by atoms with Gasteiger partial charge in [0.15, 0.2) is 0 Å². The van der Waals surface area contributed by atoms with Gasteiger partial charge in [-0.2, -0.15) is 13.3 Å². The molecule has 0 saturated carbocycles. The van der Waals surface area contributed by atoms with Gasteiger partial charge in [-0.15, -0.1) is 58.3 Å². The van der Waals surface area contributed by atoms with E-state index in [1.54, 1.807) is 0 Å². The van der Waals surface area contributed by atoms with E-state index in [9.17, 15) is 50.4 Å². The van der Waals surface area contributed by atoms with Crippen LogP contribution in [0.25, 0.3) is 88.4 Å². The molecule has 0 unspecified atom stereocenters. The summed E-state index contributed by atoms with van der Waals surface area (Å²) in [5.41, 5.74) is 7.30. The SMILES string of the molecule is CCCCN1C=CN(CN2C=CN(CCCC)[CH-]2)[CH-]1.F[P-](F)(F)(F)(F)F.F[P-](F)(F)(F)(F)F.[Pt+4].[Pt+4].[c-]1cc2ccccc2cc1-c1cccc(-c2cc3ccccc3cn2)n1.[c-]1cc2ccccc2cc1-c1cccc(-c2cc3ccccc3cn2)n1. The van der Waals surface area contributed by atoms with Crippen LogP contribution in [-0.2, 0) is 42.1 Å². The molecule has 0 radical (unpaired) electrons. The number of nitrogens with zero attached hydrogens (tertiary/aromatic N) is 8. The van der Waals surface area contributed by atoms with Gasteiger partial charge in [-0.05, 0) is 97.2 Å². The van der Waals surface area contributed by atoms with Crippen LogP contribution in [-0.4, -0.2) is 59.3 Å². The molecule has 6 aromatic carbocycles. The van der Waals surface area contributed by atoms with E-state index < -0.39 is 15.6 Å². The average molecular weight is 1610 g/mol. The predicted octanol–water partition coefficient (Wildman–Crippen LogP) is 21.6. The number of fused-ring (bicyclic) bond motifs is 4. The van der Waals surface area contributed by atoms with Crippen LogP contribution < -0.4 is 0 Å². The van der Waals surface area contributed by atoms with Crippen LogP contribution in [0.15, 0.2) is 207 Å². The molecule has 0 aliphatic carbocycles. The van der Waals surface area contributed by atoms with E-state index in [4.69, 9.17) is 9.97 Å². The number of benzene rings is 6. The van der Waals surface area contributed by atoms with E-state index in [0.29, 0.717) is 0 Å². The fraction of sp³-hybridized carbons (Fsp3) is 0.143. The van der Waals surface area contributed by atoms with Gasteiger partial charge < -0.3 is 19.6 Å². The summed E-state index contributed by atoms with van der Waals surface area (Å²) >= 11 is 0. The number of aromatic nitrogens is 4. The van der Waals surface area contributed by atoms with Crippen molar-refractivity contribution in [2.45, 2.75) is 39.5 Å². The zero-order valence-electron chi connectivity index (χ0n) is 46.4. The molecule has 0 atom stereocenters. The first kappa shape index (κ1) is 69.1. The molecule has 2 aliphatic rings. The fourth-order valence-electron chi connectivity index (χ4n) is 8.63. The van der Waals surface area contributed by atoms with Gasteiger partial charge >= 0.3 is 108 Å². The molecule has 4 aromatic heterocycles. The van der Waals surface area contributed by atoms with Gasteiger partial charge in [-0.25, -0.2) is 0 Å². The minimum absolute atomic E-state index is 0. The van der Waals surface area contributed by atoms with Crippen LogP contribution in [0, 0.1) is 25.5 Å². The standard InChI is InChI=1S/2C24H15N2.C15H26N4.2F6P.2Pt/c2*1-2-7-18-14-20(13-12-17(18)6-1)22-10-5-11-23(26-22)24-15-19-8-3-4-9-21(19)16-25-24;1-3-5-7-16-9-11-18(13-16)15-19-12-10-17(14-19)8-6-4-2;2*1-7(2,3,4,5)6;;/h2*1-12,14-16H;9-14H,3-8,15H2,1-2H3;;;;/q2*-1;-2;2*-1;2*+4. The van der Waals surface area contributed by atoms with E-state index in [2.05, 4.69) is 179 Å². The second-order valence-corrected chi connectivity index (χ2v) is 23.5. The molecule has 460 valence electrons. The maximum atomic E-state index is 9.87. The summed E-state index contributed by atoms with van der Waals surface area (Å²) in [4.78, 5) is 27.8. The molecule has 0 bridgehead atoms. The summed E-state index contributed by atoms with van der Waals surface area (Å²) < 4.78 is 118. The smallest absolute Gasteiger partial charge is 0.295 e. The van der Waals surface area contributed by atoms with E-state index in [-0.39, 0.29) is 42.1 Å². The second-order valence-electron chi connectivity index (χ2n) is 19.7. The van der Waals surface area contributed by atoms with Gasteiger partial charge in [0.1, 0.15) is 0 Å². The molecular weight excluding hydrogens is 1550 g/mol. The minimum atomic E-state index is -10.7. The molecule has 6 heterocycles. The largest absolute Gasteiger partial charge is 4.00 e. The maximum absolute atomic E-state index is 10.7. The van der Waals surface area contributed by atoms with Crippen molar-refractivity contribution in [3.63, 3.8) is 0 Å². The zero-order chi connectivity index (χ0) is 61.0. The van der Waals surface area contributed by atoms with Crippen molar-refractivity contribution >= 4 is 58.7 Å². The first-order valence-corrected chi connectivity index (χ1v) is 30.7. The first-order valence-electron chi connectivity index (χ1n) is 26.6. The molecule has 8 nitrogen and oxygen atoms in total. The Balaban J connectivity index is 0.000000188. The summed E-state index contributed by atoms with van der Waals surface area (Å²) in [6, 6.07) is 64.4. The van der Waals surface area contributed by atoms with Crippen molar-refractivity contribution < 1.29 is 92.5 Å². The van der Waals surface area contributed by atoms with Crippen LogP contribution in [0.3, 0.4) is 0 Å². The fourth-order valence-corrected chi connectivity index (χ4v) is 8.63. The normalized spacial score (nSPS) is 14.3. The number of pyridine rings is 4. The van der Waals surface area contributed by atoms with Crippen molar-refractivity contribution in [2.75, 3.05) is 19.8 Å². The summed E-state index contributed by atoms with van der Waals surface area (Å²) in [5, 5.41) is 9.36. The van der Waals surface area contributed by atoms with Gasteiger partial charge in [0.2, 0.25) is 0 Å². The van der Waals surface area contributed by atoms with Gasteiger partial charge in [-0.3, -0.25) is 19.9 Å². The Labute approximate surface area is 524 Å². The summed E-state index contributed by atoms with van der Waals surface area (Å²) in [7, 11) is -21.3. The third-order valence-electron chi connectivity index (χ3n) is 12.6.